The van der Waals surface area contributed by atoms with Gasteiger partial charge < -0.3 is 20.5 Å². The summed E-state index contributed by atoms with van der Waals surface area (Å²) in [5.74, 6) is -1.42. The molecule has 180 valence electrons. The normalized spacial score (nSPS) is 20.6. The van der Waals surface area contributed by atoms with Gasteiger partial charge in [-0.25, -0.2) is 4.79 Å². The molecule has 7 nitrogen and oxygen atoms in total. The summed E-state index contributed by atoms with van der Waals surface area (Å²) >= 11 is 0. The predicted molar refractivity (Wildman–Crippen MR) is 128 cm³/mol. The van der Waals surface area contributed by atoms with Crippen LogP contribution >= 0.6 is 0 Å². The van der Waals surface area contributed by atoms with Crippen LogP contribution in [0.5, 0.6) is 0 Å². The van der Waals surface area contributed by atoms with Gasteiger partial charge in [-0.15, -0.1) is 0 Å². The SMILES string of the molecule is CCC(C)(CNC(=O)OCC1c2ccccc2-c2ccccc21)C(=O)NC1CCC(C(=O)O)C1. The summed E-state index contributed by atoms with van der Waals surface area (Å²) in [6.45, 7) is 4.05. The lowest BCUT2D eigenvalue weighted by molar-refractivity contribution is -0.141. The Hall–Kier alpha value is -3.35. The highest BCUT2D eigenvalue weighted by Gasteiger charge is 2.37. The Morgan fingerprint density at radius 1 is 1.03 bits per heavy atom. The van der Waals surface area contributed by atoms with E-state index in [0.29, 0.717) is 25.7 Å². The second kappa shape index (κ2) is 9.87. The van der Waals surface area contributed by atoms with Crippen molar-refractivity contribution in [3.05, 3.63) is 59.7 Å². The highest BCUT2D eigenvalue weighted by atomic mass is 16.5. The summed E-state index contributed by atoms with van der Waals surface area (Å²) in [6, 6.07) is 16.2. The first-order chi connectivity index (χ1) is 16.3. The van der Waals surface area contributed by atoms with Gasteiger partial charge in [0.15, 0.2) is 0 Å². The van der Waals surface area contributed by atoms with Gasteiger partial charge in [-0.05, 0) is 54.9 Å². The van der Waals surface area contributed by atoms with Gasteiger partial charge in [-0.3, -0.25) is 9.59 Å². The third kappa shape index (κ3) is 4.79. The van der Waals surface area contributed by atoms with E-state index in [0.717, 1.165) is 11.1 Å². The molecular formula is C27H32N2O5. The Balaban J connectivity index is 1.32. The van der Waals surface area contributed by atoms with Crippen molar-refractivity contribution in [1.29, 1.82) is 0 Å². The number of alkyl carbamates (subject to hydrolysis) is 1. The lowest BCUT2D eigenvalue weighted by Gasteiger charge is -2.29. The molecule has 0 aliphatic heterocycles. The van der Waals surface area contributed by atoms with Gasteiger partial charge in [0.1, 0.15) is 6.61 Å². The molecule has 1 saturated carbocycles. The molecule has 2 aromatic carbocycles. The molecule has 2 aliphatic carbocycles. The molecule has 3 N–H and O–H groups in total. The van der Waals surface area contributed by atoms with Crippen LogP contribution in [0, 0.1) is 11.3 Å². The molecule has 0 spiro atoms. The predicted octanol–water partition coefficient (Wildman–Crippen LogP) is 4.31. The Bertz CT molecular complexity index is 1040. The van der Waals surface area contributed by atoms with E-state index in [1.807, 2.05) is 31.2 Å². The number of carbonyl (C=O) groups is 3. The van der Waals surface area contributed by atoms with Crippen molar-refractivity contribution in [2.45, 2.75) is 51.5 Å². The van der Waals surface area contributed by atoms with Crippen molar-refractivity contribution in [3.63, 3.8) is 0 Å². The highest BCUT2D eigenvalue weighted by Crippen LogP contribution is 2.44. The molecule has 2 amide bonds. The number of fused-ring (bicyclic) bond motifs is 3. The number of carbonyl (C=O) groups excluding carboxylic acids is 2. The largest absolute Gasteiger partial charge is 0.481 e. The Morgan fingerprint density at radius 3 is 2.21 bits per heavy atom. The Kier molecular flexibility index (Phi) is 6.91. The number of nitrogens with one attached hydrogen (secondary N) is 2. The molecule has 0 radical (unpaired) electrons. The minimum atomic E-state index is -0.813. The quantitative estimate of drug-likeness (QED) is 0.540. The maximum atomic E-state index is 12.9. The van der Waals surface area contributed by atoms with Crippen LogP contribution in [0.15, 0.2) is 48.5 Å². The van der Waals surface area contributed by atoms with Gasteiger partial charge in [-0.2, -0.15) is 0 Å². The minimum absolute atomic E-state index is 0.0245. The first kappa shape index (κ1) is 23.8. The van der Waals surface area contributed by atoms with E-state index in [9.17, 15) is 19.5 Å². The molecule has 7 heteroatoms. The number of ether oxygens (including phenoxy) is 1. The lowest BCUT2D eigenvalue weighted by atomic mass is 9.86. The monoisotopic (exact) mass is 464 g/mol. The average Bonchev–Trinajstić information content (AvgIpc) is 3.44. The van der Waals surface area contributed by atoms with Gasteiger partial charge in [0.2, 0.25) is 5.91 Å². The molecular weight excluding hydrogens is 432 g/mol. The van der Waals surface area contributed by atoms with Crippen LogP contribution in [-0.2, 0) is 14.3 Å². The van der Waals surface area contributed by atoms with Crippen molar-refractivity contribution in [3.8, 4) is 11.1 Å². The van der Waals surface area contributed by atoms with E-state index < -0.39 is 23.4 Å². The molecule has 4 rings (SSSR count). The summed E-state index contributed by atoms with van der Waals surface area (Å²) in [7, 11) is 0. The summed E-state index contributed by atoms with van der Waals surface area (Å²) in [5, 5.41) is 14.9. The van der Waals surface area contributed by atoms with Crippen LogP contribution in [0.1, 0.15) is 56.6 Å². The van der Waals surface area contributed by atoms with E-state index >= 15 is 0 Å². The second-order valence-electron chi connectivity index (χ2n) is 9.61. The number of carboxylic acids is 1. The van der Waals surface area contributed by atoms with Crippen molar-refractivity contribution in [1.82, 2.24) is 10.6 Å². The van der Waals surface area contributed by atoms with E-state index in [1.165, 1.54) is 11.1 Å². The van der Waals surface area contributed by atoms with Gasteiger partial charge in [0, 0.05) is 18.5 Å². The molecule has 0 aromatic heterocycles. The van der Waals surface area contributed by atoms with Gasteiger partial charge in [0.05, 0.1) is 11.3 Å². The zero-order valence-corrected chi connectivity index (χ0v) is 19.7. The molecule has 0 heterocycles. The summed E-state index contributed by atoms with van der Waals surface area (Å²) in [5.41, 5.74) is 3.81. The molecule has 0 bridgehead atoms. The van der Waals surface area contributed by atoms with Crippen LogP contribution in [0.3, 0.4) is 0 Å². The van der Waals surface area contributed by atoms with Crippen LogP contribution in [0.25, 0.3) is 11.1 Å². The smallest absolute Gasteiger partial charge is 0.407 e. The molecule has 34 heavy (non-hydrogen) atoms. The van der Waals surface area contributed by atoms with Crippen LogP contribution in [-0.4, -0.2) is 42.3 Å². The number of rotatable bonds is 8. The topological polar surface area (TPSA) is 105 Å². The number of hydrogen-bond acceptors (Lipinski definition) is 4. The fourth-order valence-corrected chi connectivity index (χ4v) is 4.98. The molecule has 0 saturated heterocycles. The number of amides is 2. The number of aliphatic carboxylic acids is 1. The number of hydrogen-bond donors (Lipinski definition) is 3. The van der Waals surface area contributed by atoms with Crippen molar-refractivity contribution < 1.29 is 24.2 Å². The maximum absolute atomic E-state index is 12.9. The Morgan fingerprint density at radius 2 is 1.65 bits per heavy atom. The molecule has 3 atom stereocenters. The maximum Gasteiger partial charge on any atom is 0.407 e. The van der Waals surface area contributed by atoms with Crippen molar-refractivity contribution in [2.75, 3.05) is 13.2 Å². The molecule has 3 unspecified atom stereocenters. The van der Waals surface area contributed by atoms with Crippen molar-refractivity contribution in [2.24, 2.45) is 11.3 Å². The third-order valence-electron chi connectivity index (χ3n) is 7.41. The van der Waals surface area contributed by atoms with Gasteiger partial charge in [0.25, 0.3) is 0 Å². The fraction of sp³-hybridized carbons (Fsp3) is 0.444. The molecule has 2 aromatic rings. The zero-order valence-electron chi connectivity index (χ0n) is 19.7. The van der Waals surface area contributed by atoms with E-state index in [-0.39, 0.29) is 31.0 Å². The molecule has 2 aliphatic rings. The first-order valence-corrected chi connectivity index (χ1v) is 11.9. The van der Waals surface area contributed by atoms with Crippen LogP contribution in [0.2, 0.25) is 0 Å². The van der Waals surface area contributed by atoms with Gasteiger partial charge in [-0.1, -0.05) is 55.5 Å². The zero-order chi connectivity index (χ0) is 24.3. The standard InChI is InChI=1S/C27H32N2O5/c1-3-27(2,25(32)29-18-13-12-17(14-18)24(30)31)16-28-26(33)34-15-23-21-10-6-4-8-19(21)20-9-5-7-11-22(20)23/h4-11,17-18,23H,3,12-16H2,1-2H3,(H,28,33)(H,29,32)(H,30,31). The fourth-order valence-electron chi connectivity index (χ4n) is 4.98. The summed E-state index contributed by atoms with van der Waals surface area (Å²) in [4.78, 5) is 36.7. The van der Waals surface area contributed by atoms with Gasteiger partial charge >= 0.3 is 12.1 Å². The van der Waals surface area contributed by atoms with E-state index in [2.05, 4.69) is 34.9 Å². The average molecular weight is 465 g/mol. The van der Waals surface area contributed by atoms with E-state index in [4.69, 9.17) is 4.74 Å². The lowest BCUT2D eigenvalue weighted by Crippen LogP contribution is -2.49. The van der Waals surface area contributed by atoms with Crippen LogP contribution < -0.4 is 10.6 Å². The number of carboxylic acid groups (broad SMARTS) is 1. The van der Waals surface area contributed by atoms with Crippen LogP contribution in [0.4, 0.5) is 4.79 Å². The summed E-state index contributed by atoms with van der Waals surface area (Å²) < 4.78 is 5.59. The minimum Gasteiger partial charge on any atom is -0.481 e. The van der Waals surface area contributed by atoms with E-state index in [1.54, 1.807) is 6.92 Å². The molecule has 1 fully saturated rings. The Labute approximate surface area is 199 Å². The van der Waals surface area contributed by atoms with Crippen molar-refractivity contribution >= 4 is 18.0 Å². The highest BCUT2D eigenvalue weighted by molar-refractivity contribution is 5.84. The second-order valence-corrected chi connectivity index (χ2v) is 9.61. The summed E-state index contributed by atoms with van der Waals surface area (Å²) in [6.07, 6.45) is 1.64. The first-order valence-electron chi connectivity index (χ1n) is 11.9. The third-order valence-corrected chi connectivity index (χ3v) is 7.41. The number of benzene rings is 2.